The number of aryl methyl sites for hydroxylation is 1. The molecule has 2 aromatic carbocycles. The lowest BCUT2D eigenvalue weighted by molar-refractivity contribution is 0.529. The summed E-state index contributed by atoms with van der Waals surface area (Å²) in [4.78, 5) is 4.39. The first-order valence-electron chi connectivity index (χ1n) is 8.98. The van der Waals surface area contributed by atoms with E-state index in [1.807, 2.05) is 48.5 Å². The summed E-state index contributed by atoms with van der Waals surface area (Å²) in [7, 11) is 0. The first-order valence-corrected chi connectivity index (χ1v) is 9.97. The van der Waals surface area contributed by atoms with Gasteiger partial charge in [0, 0.05) is 17.7 Å². The molecule has 0 aliphatic heterocycles. The zero-order chi connectivity index (χ0) is 19.3. The molecular weight excluding hydrogens is 368 g/mol. The second-order valence-electron chi connectivity index (χ2n) is 6.35. The Bertz CT molecular complexity index is 1080. The van der Waals surface area contributed by atoms with Gasteiger partial charge in [-0.3, -0.25) is 4.57 Å². The highest BCUT2D eigenvalue weighted by Gasteiger charge is 2.15. The number of nitrogens with zero attached hydrogens (tertiary/aromatic N) is 4. The zero-order valence-electron chi connectivity index (χ0n) is 15.6. The van der Waals surface area contributed by atoms with Crippen molar-refractivity contribution in [2.24, 2.45) is 0 Å². The highest BCUT2D eigenvalue weighted by atomic mass is 32.2. The van der Waals surface area contributed by atoms with E-state index in [1.165, 1.54) is 5.56 Å². The minimum absolute atomic E-state index is 0.579. The molecule has 0 N–H and O–H groups in total. The Balaban J connectivity index is 1.54. The normalized spacial score (nSPS) is 10.9. The highest BCUT2D eigenvalue weighted by molar-refractivity contribution is 7.98. The molecule has 0 aliphatic carbocycles. The van der Waals surface area contributed by atoms with Gasteiger partial charge in [0.1, 0.15) is 0 Å². The molecule has 2 aromatic heterocycles. The van der Waals surface area contributed by atoms with Crippen LogP contribution in [-0.2, 0) is 12.3 Å². The summed E-state index contributed by atoms with van der Waals surface area (Å²) in [5, 5.41) is 9.60. The maximum atomic E-state index is 5.89. The van der Waals surface area contributed by atoms with Crippen molar-refractivity contribution in [1.29, 1.82) is 0 Å². The Labute approximate surface area is 168 Å². The van der Waals surface area contributed by atoms with Crippen molar-refractivity contribution in [1.82, 2.24) is 19.7 Å². The standard InChI is InChI=1S/C22H20N4OS/c1-3-12-26-21(18-11-7-8-16(2)13-18)24-25-22(26)28-15-20-23-14-19(27-20)17-9-5-4-6-10-17/h3-11,13-14H,1,12,15H2,2H3. The van der Waals surface area contributed by atoms with Crippen molar-refractivity contribution >= 4 is 11.8 Å². The molecule has 0 saturated carbocycles. The van der Waals surface area contributed by atoms with Gasteiger partial charge < -0.3 is 4.42 Å². The van der Waals surface area contributed by atoms with Crippen LogP contribution < -0.4 is 0 Å². The van der Waals surface area contributed by atoms with Crippen molar-refractivity contribution in [3.63, 3.8) is 0 Å². The summed E-state index contributed by atoms with van der Waals surface area (Å²) in [6, 6.07) is 18.2. The van der Waals surface area contributed by atoms with Crippen molar-refractivity contribution in [2.75, 3.05) is 0 Å². The quantitative estimate of drug-likeness (QED) is 0.314. The second-order valence-corrected chi connectivity index (χ2v) is 7.29. The summed E-state index contributed by atoms with van der Waals surface area (Å²) < 4.78 is 7.95. The van der Waals surface area contributed by atoms with E-state index in [-0.39, 0.29) is 0 Å². The summed E-state index contributed by atoms with van der Waals surface area (Å²) in [5.41, 5.74) is 3.25. The molecule has 0 aliphatic rings. The third-order valence-electron chi connectivity index (χ3n) is 4.24. The number of rotatable bonds is 7. The Kier molecular flexibility index (Phi) is 5.39. The summed E-state index contributed by atoms with van der Waals surface area (Å²) in [6.45, 7) is 6.58. The van der Waals surface area contributed by atoms with Crippen molar-refractivity contribution in [3.8, 4) is 22.7 Å². The van der Waals surface area contributed by atoms with E-state index >= 15 is 0 Å². The molecule has 0 saturated heterocycles. The molecule has 4 aromatic rings. The first-order chi connectivity index (χ1) is 13.7. The molecule has 0 fully saturated rings. The number of aromatic nitrogens is 4. The molecule has 0 unspecified atom stereocenters. The molecular formula is C22H20N4OS. The number of allylic oxidation sites excluding steroid dienone is 1. The van der Waals surface area contributed by atoms with Crippen molar-refractivity contribution < 1.29 is 4.42 Å². The van der Waals surface area contributed by atoms with Crippen LogP contribution >= 0.6 is 11.8 Å². The summed E-state index contributed by atoms with van der Waals surface area (Å²) in [6.07, 6.45) is 3.61. The lowest BCUT2D eigenvalue weighted by Gasteiger charge is -2.07. The maximum absolute atomic E-state index is 5.89. The largest absolute Gasteiger partial charge is 0.440 e. The number of hydrogen-bond donors (Lipinski definition) is 0. The average molecular weight is 388 g/mol. The van der Waals surface area contributed by atoms with Crippen molar-refractivity contribution in [3.05, 3.63) is 84.9 Å². The van der Waals surface area contributed by atoms with Gasteiger partial charge in [0.2, 0.25) is 5.89 Å². The van der Waals surface area contributed by atoms with E-state index in [9.17, 15) is 0 Å². The predicted molar refractivity (Wildman–Crippen MR) is 112 cm³/mol. The molecule has 0 bridgehead atoms. The highest BCUT2D eigenvalue weighted by Crippen LogP contribution is 2.28. The number of thioether (sulfide) groups is 1. The lowest BCUT2D eigenvalue weighted by Crippen LogP contribution is -2.00. The predicted octanol–water partition coefficient (Wildman–Crippen LogP) is 5.39. The number of oxazole rings is 1. The molecule has 0 radical (unpaired) electrons. The Morgan fingerprint density at radius 1 is 1.07 bits per heavy atom. The minimum atomic E-state index is 0.579. The average Bonchev–Trinajstić information content (AvgIpc) is 3.35. The number of hydrogen-bond acceptors (Lipinski definition) is 5. The molecule has 28 heavy (non-hydrogen) atoms. The monoisotopic (exact) mass is 388 g/mol. The van der Waals surface area contributed by atoms with Crippen LogP contribution in [0.1, 0.15) is 11.5 Å². The first kappa shape index (κ1) is 18.3. The van der Waals surface area contributed by atoms with E-state index in [1.54, 1.807) is 18.0 Å². The third-order valence-corrected chi connectivity index (χ3v) is 5.19. The minimum Gasteiger partial charge on any atom is -0.440 e. The van der Waals surface area contributed by atoms with Crippen LogP contribution in [0.2, 0.25) is 0 Å². The fraction of sp³-hybridized carbons (Fsp3) is 0.136. The molecule has 5 nitrogen and oxygen atoms in total. The van der Waals surface area contributed by atoms with E-state index < -0.39 is 0 Å². The van der Waals surface area contributed by atoms with Gasteiger partial charge >= 0.3 is 0 Å². The SMILES string of the molecule is C=CCn1c(SCc2ncc(-c3ccccc3)o2)nnc1-c1cccc(C)c1. The van der Waals surface area contributed by atoms with Gasteiger partial charge in [-0.15, -0.1) is 16.8 Å². The van der Waals surface area contributed by atoms with Crippen LogP contribution in [0.25, 0.3) is 22.7 Å². The summed E-state index contributed by atoms with van der Waals surface area (Å²) >= 11 is 1.55. The molecule has 0 atom stereocenters. The maximum Gasteiger partial charge on any atom is 0.205 e. The molecule has 0 spiro atoms. The Morgan fingerprint density at radius 3 is 2.68 bits per heavy atom. The van der Waals surface area contributed by atoms with Crippen molar-refractivity contribution in [2.45, 2.75) is 24.4 Å². The van der Waals surface area contributed by atoms with Gasteiger partial charge in [0.05, 0.1) is 11.9 Å². The van der Waals surface area contributed by atoms with Gasteiger partial charge in [0.25, 0.3) is 0 Å². The van der Waals surface area contributed by atoms with Crippen LogP contribution in [0, 0.1) is 6.92 Å². The molecule has 0 amide bonds. The van der Waals surface area contributed by atoms with Gasteiger partial charge in [-0.1, -0.05) is 71.9 Å². The molecule has 140 valence electrons. The van der Waals surface area contributed by atoms with Gasteiger partial charge in [-0.25, -0.2) is 4.98 Å². The van der Waals surface area contributed by atoms with E-state index in [4.69, 9.17) is 4.42 Å². The fourth-order valence-corrected chi connectivity index (χ4v) is 3.73. The Morgan fingerprint density at radius 2 is 1.89 bits per heavy atom. The topological polar surface area (TPSA) is 56.7 Å². The van der Waals surface area contributed by atoms with Gasteiger partial charge in [-0.05, 0) is 13.0 Å². The summed E-state index contributed by atoms with van der Waals surface area (Å²) in [5.74, 6) is 2.84. The smallest absolute Gasteiger partial charge is 0.205 e. The van der Waals surface area contributed by atoms with Gasteiger partial charge in [-0.2, -0.15) is 0 Å². The van der Waals surface area contributed by atoms with Crippen LogP contribution in [0.3, 0.4) is 0 Å². The van der Waals surface area contributed by atoms with Crippen LogP contribution in [0.5, 0.6) is 0 Å². The third kappa shape index (κ3) is 3.92. The second kappa shape index (κ2) is 8.27. The Hall–Kier alpha value is -3.12. The zero-order valence-corrected chi connectivity index (χ0v) is 16.4. The molecule has 6 heteroatoms. The number of benzene rings is 2. The lowest BCUT2D eigenvalue weighted by atomic mass is 10.1. The van der Waals surface area contributed by atoms with Gasteiger partial charge in [0.15, 0.2) is 16.7 Å². The van der Waals surface area contributed by atoms with E-state index in [0.29, 0.717) is 18.2 Å². The molecule has 2 heterocycles. The van der Waals surface area contributed by atoms with Crippen LogP contribution in [-0.4, -0.2) is 19.7 Å². The van der Waals surface area contributed by atoms with Crippen LogP contribution in [0.4, 0.5) is 0 Å². The van der Waals surface area contributed by atoms with Crippen LogP contribution in [0.15, 0.2) is 83.0 Å². The van der Waals surface area contributed by atoms with E-state index in [0.717, 1.165) is 27.9 Å². The fourth-order valence-electron chi connectivity index (χ4n) is 2.93. The van der Waals surface area contributed by atoms with E-state index in [2.05, 4.69) is 45.4 Å². The molecule has 4 rings (SSSR count).